The zero-order valence-corrected chi connectivity index (χ0v) is 7.03. The molecule has 0 atom stereocenters. The number of hydrogen-bond donors (Lipinski definition) is 0. The molecule has 2 heteroatoms. The lowest BCUT2D eigenvalue weighted by atomic mass is 10.1. The van der Waals surface area contributed by atoms with E-state index in [4.69, 9.17) is 16.0 Å². The molecule has 1 rings (SSSR count). The van der Waals surface area contributed by atoms with Gasteiger partial charge in [0.15, 0.2) is 0 Å². The van der Waals surface area contributed by atoms with Gasteiger partial charge in [-0.05, 0) is 24.5 Å². The smallest absolute Gasteiger partial charge is 0.121 e. The summed E-state index contributed by atoms with van der Waals surface area (Å²) in [5, 5.41) is 0. The summed E-state index contributed by atoms with van der Waals surface area (Å²) in [6, 6.07) is 0. The molecule has 0 saturated heterocycles. The van der Waals surface area contributed by atoms with Crippen molar-refractivity contribution in [2.24, 2.45) is 0 Å². The lowest BCUT2D eigenvalue weighted by Crippen LogP contribution is -1.81. The van der Waals surface area contributed by atoms with Gasteiger partial charge in [0.25, 0.3) is 0 Å². The van der Waals surface area contributed by atoms with Crippen molar-refractivity contribution in [3.63, 3.8) is 0 Å². The third-order valence-electron chi connectivity index (χ3n) is 1.75. The van der Waals surface area contributed by atoms with Crippen molar-refractivity contribution in [1.82, 2.24) is 0 Å². The monoisotopic (exact) mass is 158 g/mol. The molecule has 0 aromatic carbocycles. The highest BCUT2D eigenvalue weighted by Gasteiger charge is 2.05. The third-order valence-corrected chi connectivity index (χ3v) is 1.99. The standard InChI is InChI=1S/C8H11ClO/c1-3-7-5-10-8(4-9)6(7)2/h5H,3-4H2,1-2H3. The van der Waals surface area contributed by atoms with Crippen LogP contribution in [0.15, 0.2) is 10.7 Å². The van der Waals surface area contributed by atoms with E-state index in [0.717, 1.165) is 12.2 Å². The molecule has 0 aliphatic carbocycles. The van der Waals surface area contributed by atoms with Crippen molar-refractivity contribution in [2.75, 3.05) is 0 Å². The fourth-order valence-electron chi connectivity index (χ4n) is 0.978. The molecular weight excluding hydrogens is 148 g/mol. The number of rotatable bonds is 2. The van der Waals surface area contributed by atoms with Gasteiger partial charge in [-0.15, -0.1) is 11.6 Å². The summed E-state index contributed by atoms with van der Waals surface area (Å²) >= 11 is 5.61. The van der Waals surface area contributed by atoms with Crippen molar-refractivity contribution in [2.45, 2.75) is 26.1 Å². The number of alkyl halides is 1. The SMILES string of the molecule is CCc1coc(CCl)c1C. The molecule has 56 valence electrons. The first-order valence-corrected chi connectivity index (χ1v) is 3.94. The van der Waals surface area contributed by atoms with Crippen molar-refractivity contribution in [3.8, 4) is 0 Å². The number of hydrogen-bond acceptors (Lipinski definition) is 1. The lowest BCUT2D eigenvalue weighted by Gasteiger charge is -1.91. The van der Waals surface area contributed by atoms with Crippen molar-refractivity contribution >= 4 is 11.6 Å². The zero-order valence-electron chi connectivity index (χ0n) is 6.28. The summed E-state index contributed by atoms with van der Waals surface area (Å²) in [7, 11) is 0. The Bertz CT molecular complexity index is 194. The minimum Gasteiger partial charge on any atom is -0.468 e. The summed E-state index contributed by atoms with van der Waals surface area (Å²) in [6.45, 7) is 4.15. The maximum atomic E-state index is 5.61. The Morgan fingerprint density at radius 2 is 2.30 bits per heavy atom. The molecule has 0 bridgehead atoms. The second kappa shape index (κ2) is 3.11. The van der Waals surface area contributed by atoms with E-state index in [1.807, 2.05) is 6.92 Å². The fourth-order valence-corrected chi connectivity index (χ4v) is 1.24. The molecular formula is C8H11ClO. The van der Waals surface area contributed by atoms with Crippen LogP contribution in [0, 0.1) is 6.92 Å². The van der Waals surface area contributed by atoms with Crippen LogP contribution in [0.25, 0.3) is 0 Å². The Morgan fingerprint density at radius 3 is 2.60 bits per heavy atom. The molecule has 0 unspecified atom stereocenters. The van der Waals surface area contributed by atoms with E-state index in [9.17, 15) is 0 Å². The van der Waals surface area contributed by atoms with Crippen LogP contribution in [0.4, 0.5) is 0 Å². The van der Waals surface area contributed by atoms with Crippen molar-refractivity contribution in [1.29, 1.82) is 0 Å². The van der Waals surface area contributed by atoms with Gasteiger partial charge in [0.2, 0.25) is 0 Å². The van der Waals surface area contributed by atoms with Crippen molar-refractivity contribution in [3.05, 3.63) is 23.2 Å². The topological polar surface area (TPSA) is 13.1 Å². The molecule has 1 nitrogen and oxygen atoms in total. The predicted octanol–water partition coefficient (Wildman–Crippen LogP) is 2.89. The highest BCUT2D eigenvalue weighted by molar-refractivity contribution is 6.16. The molecule has 10 heavy (non-hydrogen) atoms. The quantitative estimate of drug-likeness (QED) is 0.604. The maximum absolute atomic E-state index is 5.61. The Balaban J connectivity index is 2.97. The number of furan rings is 1. The van der Waals surface area contributed by atoms with E-state index in [1.165, 1.54) is 11.1 Å². The Kier molecular flexibility index (Phi) is 2.39. The first-order valence-electron chi connectivity index (χ1n) is 3.41. The van der Waals surface area contributed by atoms with E-state index >= 15 is 0 Å². The molecule has 0 amide bonds. The normalized spacial score (nSPS) is 10.3. The molecule has 0 spiro atoms. The van der Waals surface area contributed by atoms with Gasteiger partial charge in [-0.2, -0.15) is 0 Å². The average molecular weight is 159 g/mol. The van der Waals surface area contributed by atoms with Gasteiger partial charge in [0.05, 0.1) is 12.1 Å². The summed E-state index contributed by atoms with van der Waals surface area (Å²) in [5.41, 5.74) is 2.47. The molecule has 1 aromatic rings. The first-order chi connectivity index (χ1) is 4.79. The van der Waals surface area contributed by atoms with Crippen LogP contribution >= 0.6 is 11.6 Å². The van der Waals surface area contributed by atoms with Gasteiger partial charge >= 0.3 is 0 Å². The second-order valence-corrected chi connectivity index (χ2v) is 2.56. The van der Waals surface area contributed by atoms with Crippen LogP contribution in [-0.4, -0.2) is 0 Å². The van der Waals surface area contributed by atoms with E-state index < -0.39 is 0 Å². The largest absolute Gasteiger partial charge is 0.468 e. The third kappa shape index (κ3) is 1.19. The molecule has 0 saturated carbocycles. The first kappa shape index (κ1) is 7.67. The Hall–Kier alpha value is -0.430. The highest BCUT2D eigenvalue weighted by atomic mass is 35.5. The fraction of sp³-hybridized carbons (Fsp3) is 0.500. The highest BCUT2D eigenvalue weighted by Crippen LogP contribution is 2.17. The molecule has 0 radical (unpaired) electrons. The van der Waals surface area contributed by atoms with Crippen LogP contribution in [0.5, 0.6) is 0 Å². The van der Waals surface area contributed by atoms with E-state index in [-0.39, 0.29) is 0 Å². The van der Waals surface area contributed by atoms with E-state index in [0.29, 0.717) is 5.88 Å². The lowest BCUT2D eigenvalue weighted by molar-refractivity contribution is 0.525. The van der Waals surface area contributed by atoms with Crippen LogP contribution < -0.4 is 0 Å². The zero-order chi connectivity index (χ0) is 7.56. The summed E-state index contributed by atoms with van der Waals surface area (Å²) in [5.74, 6) is 1.38. The van der Waals surface area contributed by atoms with Crippen LogP contribution in [0.3, 0.4) is 0 Å². The molecule has 1 heterocycles. The minimum absolute atomic E-state index is 0.478. The van der Waals surface area contributed by atoms with Gasteiger partial charge in [-0.25, -0.2) is 0 Å². The predicted molar refractivity (Wildman–Crippen MR) is 42.4 cm³/mol. The maximum Gasteiger partial charge on any atom is 0.121 e. The van der Waals surface area contributed by atoms with Crippen molar-refractivity contribution < 1.29 is 4.42 Å². The van der Waals surface area contributed by atoms with E-state index in [2.05, 4.69) is 6.92 Å². The van der Waals surface area contributed by atoms with Gasteiger partial charge in [-0.3, -0.25) is 0 Å². The Morgan fingerprint density at radius 1 is 1.60 bits per heavy atom. The average Bonchev–Trinajstić information content (AvgIpc) is 2.30. The van der Waals surface area contributed by atoms with E-state index in [1.54, 1.807) is 6.26 Å². The molecule has 0 aliphatic rings. The second-order valence-electron chi connectivity index (χ2n) is 2.30. The molecule has 0 N–H and O–H groups in total. The van der Waals surface area contributed by atoms with Gasteiger partial charge in [-0.1, -0.05) is 6.92 Å². The molecule has 0 aliphatic heterocycles. The molecule has 1 aromatic heterocycles. The van der Waals surface area contributed by atoms with Crippen LogP contribution in [-0.2, 0) is 12.3 Å². The van der Waals surface area contributed by atoms with Gasteiger partial charge in [0, 0.05) is 0 Å². The number of halogens is 1. The summed E-state index contributed by atoms with van der Waals surface area (Å²) < 4.78 is 5.20. The van der Waals surface area contributed by atoms with Crippen LogP contribution in [0.2, 0.25) is 0 Å². The number of aryl methyl sites for hydroxylation is 1. The minimum atomic E-state index is 0.478. The van der Waals surface area contributed by atoms with Gasteiger partial charge < -0.3 is 4.42 Å². The molecule has 0 fully saturated rings. The summed E-state index contributed by atoms with van der Waals surface area (Å²) in [6.07, 6.45) is 2.80. The Labute approximate surface area is 66.0 Å². The summed E-state index contributed by atoms with van der Waals surface area (Å²) in [4.78, 5) is 0. The van der Waals surface area contributed by atoms with Gasteiger partial charge in [0.1, 0.15) is 5.76 Å². The van der Waals surface area contributed by atoms with Crippen LogP contribution in [0.1, 0.15) is 23.8 Å².